The molecular weight excluding hydrogens is 241 g/mol. The van der Waals surface area contributed by atoms with E-state index in [0.717, 1.165) is 5.69 Å². The lowest BCUT2D eigenvalue weighted by atomic mass is 9.95. The predicted octanol–water partition coefficient (Wildman–Crippen LogP) is 3.17. The van der Waals surface area contributed by atoms with Crippen LogP contribution in [0.5, 0.6) is 0 Å². The first-order valence-electron chi connectivity index (χ1n) is 6.24. The van der Waals surface area contributed by atoms with Crippen LogP contribution in [0.15, 0.2) is 54.6 Å². The van der Waals surface area contributed by atoms with Crippen LogP contribution in [-0.2, 0) is 5.60 Å². The fourth-order valence-electron chi connectivity index (χ4n) is 2.14. The Hall–Kier alpha value is -1.87. The largest absolute Gasteiger partial charge is 0.384 e. The predicted molar refractivity (Wildman–Crippen MR) is 75.7 cm³/mol. The normalized spacial score (nSPS) is 13.9. The second-order valence-corrected chi connectivity index (χ2v) is 4.97. The lowest BCUT2D eigenvalue weighted by Crippen LogP contribution is -2.36. The molecule has 0 aliphatic rings. The third-order valence-electron chi connectivity index (χ3n) is 3.21. The first-order chi connectivity index (χ1) is 8.99. The van der Waals surface area contributed by atoms with E-state index in [0.29, 0.717) is 12.1 Å². The Labute approximate surface area is 113 Å². The lowest BCUT2D eigenvalue weighted by molar-refractivity contribution is 0.0656. The van der Waals surface area contributed by atoms with Gasteiger partial charge in [0.15, 0.2) is 0 Å². The van der Waals surface area contributed by atoms with Crippen LogP contribution in [0.3, 0.4) is 0 Å². The summed E-state index contributed by atoms with van der Waals surface area (Å²) in [5.41, 5.74) is 0.708. The van der Waals surface area contributed by atoms with Crippen molar-refractivity contribution in [1.82, 2.24) is 0 Å². The molecule has 0 saturated heterocycles. The van der Waals surface area contributed by atoms with Crippen LogP contribution in [-0.4, -0.2) is 18.7 Å². The molecule has 1 N–H and O–H groups in total. The third kappa shape index (κ3) is 3.32. The topological polar surface area (TPSA) is 23.5 Å². The number of halogens is 1. The molecule has 0 saturated carbocycles. The molecule has 0 aliphatic carbocycles. The van der Waals surface area contributed by atoms with Gasteiger partial charge < -0.3 is 10.0 Å². The minimum Gasteiger partial charge on any atom is -0.384 e. The maximum atomic E-state index is 12.9. The molecule has 1 unspecified atom stereocenters. The minimum absolute atomic E-state index is 0.295. The van der Waals surface area contributed by atoms with Gasteiger partial charge in [0.05, 0.1) is 6.54 Å². The van der Waals surface area contributed by atoms with Crippen LogP contribution >= 0.6 is 0 Å². The summed E-state index contributed by atoms with van der Waals surface area (Å²) in [5, 5.41) is 10.5. The Balaban J connectivity index is 2.15. The molecule has 0 amide bonds. The van der Waals surface area contributed by atoms with E-state index in [2.05, 4.69) is 0 Å². The molecular formula is C16H18FNO. The Morgan fingerprint density at radius 1 is 1.05 bits per heavy atom. The fourth-order valence-corrected chi connectivity index (χ4v) is 2.14. The summed E-state index contributed by atoms with van der Waals surface area (Å²) < 4.78 is 12.9. The lowest BCUT2D eigenvalue weighted by Gasteiger charge is -2.30. The van der Waals surface area contributed by atoms with Crippen molar-refractivity contribution in [2.24, 2.45) is 0 Å². The summed E-state index contributed by atoms with van der Waals surface area (Å²) in [6, 6.07) is 15.8. The van der Waals surface area contributed by atoms with Gasteiger partial charge in [0.2, 0.25) is 0 Å². The number of hydrogen-bond acceptors (Lipinski definition) is 2. The third-order valence-corrected chi connectivity index (χ3v) is 3.21. The van der Waals surface area contributed by atoms with E-state index in [4.69, 9.17) is 0 Å². The number of aliphatic hydroxyl groups is 1. The summed E-state index contributed by atoms with van der Waals surface area (Å²) in [5.74, 6) is -0.295. The highest BCUT2D eigenvalue weighted by molar-refractivity contribution is 5.45. The van der Waals surface area contributed by atoms with Crippen LogP contribution in [0.25, 0.3) is 0 Å². The van der Waals surface area contributed by atoms with Gasteiger partial charge in [0.25, 0.3) is 0 Å². The first-order valence-corrected chi connectivity index (χ1v) is 6.24. The van der Waals surface area contributed by atoms with Gasteiger partial charge in [-0.2, -0.15) is 0 Å². The van der Waals surface area contributed by atoms with E-state index in [1.807, 2.05) is 42.3 Å². The quantitative estimate of drug-likeness (QED) is 0.911. The van der Waals surface area contributed by atoms with E-state index in [9.17, 15) is 9.50 Å². The molecule has 0 fully saturated rings. The molecule has 0 bridgehead atoms. The molecule has 2 aromatic carbocycles. The highest BCUT2D eigenvalue weighted by Crippen LogP contribution is 2.24. The summed E-state index contributed by atoms with van der Waals surface area (Å²) in [6.45, 7) is 2.17. The van der Waals surface area contributed by atoms with Crippen molar-refractivity contribution in [3.05, 3.63) is 66.0 Å². The van der Waals surface area contributed by atoms with Crippen LogP contribution in [0.4, 0.5) is 10.1 Å². The molecule has 3 heteroatoms. The molecule has 0 aromatic heterocycles. The highest BCUT2D eigenvalue weighted by atomic mass is 19.1. The molecule has 19 heavy (non-hydrogen) atoms. The summed E-state index contributed by atoms with van der Waals surface area (Å²) in [6.07, 6.45) is 0. The SMILES string of the molecule is CN(CC(C)(O)c1ccc(F)cc1)c1ccccc1. The van der Waals surface area contributed by atoms with Crippen molar-refractivity contribution in [1.29, 1.82) is 0 Å². The van der Waals surface area contributed by atoms with Crippen molar-refractivity contribution < 1.29 is 9.50 Å². The van der Waals surface area contributed by atoms with Crippen molar-refractivity contribution in [2.45, 2.75) is 12.5 Å². The Kier molecular flexibility index (Phi) is 3.86. The van der Waals surface area contributed by atoms with Crippen molar-refractivity contribution in [2.75, 3.05) is 18.5 Å². The molecule has 2 rings (SSSR count). The number of rotatable bonds is 4. The second-order valence-electron chi connectivity index (χ2n) is 4.97. The second kappa shape index (κ2) is 5.41. The van der Waals surface area contributed by atoms with Gasteiger partial charge in [0, 0.05) is 12.7 Å². The molecule has 2 aromatic rings. The standard InChI is InChI=1S/C16H18FNO/c1-16(19,13-8-10-14(17)11-9-13)12-18(2)15-6-4-3-5-7-15/h3-11,19H,12H2,1-2H3. The smallest absolute Gasteiger partial charge is 0.123 e. The van der Waals surface area contributed by atoms with Gasteiger partial charge in [-0.1, -0.05) is 30.3 Å². The minimum atomic E-state index is -1.03. The zero-order chi connectivity index (χ0) is 13.9. The average molecular weight is 259 g/mol. The van der Waals surface area contributed by atoms with Crippen LogP contribution in [0.2, 0.25) is 0 Å². The van der Waals surface area contributed by atoms with Gasteiger partial charge in [-0.05, 0) is 36.8 Å². The summed E-state index contributed by atoms with van der Waals surface area (Å²) in [4.78, 5) is 1.98. The van der Waals surface area contributed by atoms with Gasteiger partial charge in [-0.25, -0.2) is 4.39 Å². The highest BCUT2D eigenvalue weighted by Gasteiger charge is 2.25. The van der Waals surface area contributed by atoms with E-state index < -0.39 is 5.60 Å². The zero-order valence-electron chi connectivity index (χ0n) is 11.2. The molecule has 1 atom stereocenters. The average Bonchev–Trinajstić information content (AvgIpc) is 2.40. The molecule has 0 aliphatic heterocycles. The molecule has 0 heterocycles. The number of likely N-dealkylation sites (N-methyl/N-ethyl adjacent to an activating group) is 1. The van der Waals surface area contributed by atoms with Crippen LogP contribution in [0, 0.1) is 5.82 Å². The van der Waals surface area contributed by atoms with E-state index in [1.165, 1.54) is 12.1 Å². The molecule has 2 nitrogen and oxygen atoms in total. The summed E-state index contributed by atoms with van der Waals surface area (Å²) in [7, 11) is 1.92. The number of nitrogens with zero attached hydrogens (tertiary/aromatic N) is 1. The monoisotopic (exact) mass is 259 g/mol. The first kappa shape index (κ1) is 13.6. The van der Waals surface area contributed by atoms with Gasteiger partial charge in [0.1, 0.15) is 11.4 Å². The van der Waals surface area contributed by atoms with E-state index in [-0.39, 0.29) is 5.82 Å². The molecule has 0 radical (unpaired) electrons. The van der Waals surface area contributed by atoms with Crippen molar-refractivity contribution in [3.8, 4) is 0 Å². The number of benzene rings is 2. The van der Waals surface area contributed by atoms with Gasteiger partial charge in [-0.3, -0.25) is 0 Å². The van der Waals surface area contributed by atoms with Crippen LogP contribution in [0.1, 0.15) is 12.5 Å². The number of anilines is 1. The number of para-hydroxylation sites is 1. The maximum Gasteiger partial charge on any atom is 0.123 e. The van der Waals surface area contributed by atoms with Gasteiger partial charge in [-0.15, -0.1) is 0 Å². The van der Waals surface area contributed by atoms with Crippen LogP contribution < -0.4 is 4.90 Å². The van der Waals surface area contributed by atoms with Crippen molar-refractivity contribution in [3.63, 3.8) is 0 Å². The Morgan fingerprint density at radius 3 is 2.21 bits per heavy atom. The van der Waals surface area contributed by atoms with Gasteiger partial charge >= 0.3 is 0 Å². The number of hydrogen-bond donors (Lipinski definition) is 1. The molecule has 0 spiro atoms. The Bertz CT molecular complexity index is 522. The fraction of sp³-hybridized carbons (Fsp3) is 0.250. The maximum absolute atomic E-state index is 12.9. The van der Waals surface area contributed by atoms with Crippen molar-refractivity contribution >= 4 is 5.69 Å². The zero-order valence-corrected chi connectivity index (χ0v) is 11.2. The molecule has 100 valence electrons. The Morgan fingerprint density at radius 2 is 1.63 bits per heavy atom. The van der Waals surface area contributed by atoms with E-state index >= 15 is 0 Å². The summed E-state index contributed by atoms with van der Waals surface area (Å²) >= 11 is 0. The van der Waals surface area contributed by atoms with E-state index in [1.54, 1.807) is 19.1 Å².